The predicted octanol–water partition coefficient (Wildman–Crippen LogP) is 1.45. The minimum absolute atomic E-state index is 0. The molecule has 1 unspecified atom stereocenters. The van der Waals surface area contributed by atoms with Crippen LogP contribution in [0.15, 0.2) is 15.7 Å². The van der Waals surface area contributed by atoms with Gasteiger partial charge in [0.25, 0.3) is 5.91 Å². The van der Waals surface area contributed by atoms with Crippen LogP contribution < -0.4 is 16.2 Å². The van der Waals surface area contributed by atoms with Gasteiger partial charge in [-0.15, -0.1) is 23.7 Å². The van der Waals surface area contributed by atoms with Crippen molar-refractivity contribution in [2.24, 2.45) is 16.8 Å². The maximum atomic E-state index is 12.2. The van der Waals surface area contributed by atoms with E-state index in [2.05, 4.69) is 5.32 Å². The SMILES string of the molecule is Cl.NCC(NC(=O)c1csc(S(N)(=O)=O)c1)C1CCCCC1. The number of halogens is 1. The lowest BCUT2D eigenvalue weighted by Crippen LogP contribution is -2.45. The Kier molecular flexibility index (Phi) is 7.27. The summed E-state index contributed by atoms with van der Waals surface area (Å²) >= 11 is 0.950. The summed E-state index contributed by atoms with van der Waals surface area (Å²) in [7, 11) is -3.76. The largest absolute Gasteiger partial charge is 0.348 e. The lowest BCUT2D eigenvalue weighted by Gasteiger charge is -2.30. The first-order valence-corrected chi connectivity index (χ1v) is 9.46. The van der Waals surface area contributed by atoms with Gasteiger partial charge in [-0.05, 0) is 24.8 Å². The average Bonchev–Trinajstić information content (AvgIpc) is 2.95. The number of sulfonamides is 1. The molecule has 1 aliphatic rings. The Morgan fingerprint density at radius 1 is 1.36 bits per heavy atom. The minimum atomic E-state index is -3.76. The van der Waals surface area contributed by atoms with Gasteiger partial charge in [0.1, 0.15) is 4.21 Å². The van der Waals surface area contributed by atoms with E-state index in [1.807, 2.05) is 0 Å². The fraction of sp³-hybridized carbons (Fsp3) is 0.615. The van der Waals surface area contributed by atoms with Crippen molar-refractivity contribution in [1.29, 1.82) is 0 Å². The molecule has 0 saturated heterocycles. The molecule has 0 bridgehead atoms. The fourth-order valence-electron chi connectivity index (χ4n) is 2.74. The van der Waals surface area contributed by atoms with Crippen LogP contribution in [0, 0.1) is 5.92 Å². The summed E-state index contributed by atoms with van der Waals surface area (Å²) < 4.78 is 22.5. The van der Waals surface area contributed by atoms with E-state index >= 15 is 0 Å². The Labute approximate surface area is 141 Å². The highest BCUT2D eigenvalue weighted by Crippen LogP contribution is 2.26. The van der Waals surface area contributed by atoms with Gasteiger partial charge in [0, 0.05) is 18.0 Å². The van der Waals surface area contributed by atoms with Crippen molar-refractivity contribution in [3.8, 4) is 0 Å². The third-order valence-corrected chi connectivity index (χ3v) is 6.29. The molecule has 0 aliphatic heterocycles. The first kappa shape index (κ1) is 19.4. The molecule has 0 radical (unpaired) electrons. The number of primary sulfonamides is 1. The van der Waals surface area contributed by atoms with Gasteiger partial charge in [0.05, 0.1) is 5.56 Å². The van der Waals surface area contributed by atoms with E-state index in [-0.39, 0.29) is 28.6 Å². The Morgan fingerprint density at radius 2 is 2.00 bits per heavy atom. The Bertz CT molecular complexity index is 597. The zero-order valence-corrected chi connectivity index (χ0v) is 14.6. The molecule has 1 atom stereocenters. The molecule has 1 aromatic heterocycles. The number of carbonyl (C=O) groups is 1. The van der Waals surface area contributed by atoms with Crippen molar-refractivity contribution in [2.75, 3.05) is 6.54 Å². The van der Waals surface area contributed by atoms with Crippen molar-refractivity contribution in [3.05, 3.63) is 17.0 Å². The zero-order valence-electron chi connectivity index (χ0n) is 12.2. The maximum Gasteiger partial charge on any atom is 0.252 e. The fourth-order valence-corrected chi connectivity index (χ4v) is 4.33. The topological polar surface area (TPSA) is 115 Å². The number of amides is 1. The second-order valence-electron chi connectivity index (χ2n) is 5.41. The van der Waals surface area contributed by atoms with Gasteiger partial charge in [-0.2, -0.15) is 0 Å². The second-order valence-corrected chi connectivity index (χ2v) is 8.11. The van der Waals surface area contributed by atoms with E-state index in [0.717, 1.165) is 24.2 Å². The van der Waals surface area contributed by atoms with Gasteiger partial charge in [0.15, 0.2) is 0 Å². The molecular formula is C13H22ClN3O3S2. The van der Waals surface area contributed by atoms with Crippen LogP contribution in [-0.4, -0.2) is 26.9 Å². The molecule has 1 saturated carbocycles. The molecule has 1 amide bonds. The number of rotatable bonds is 5. The summed E-state index contributed by atoms with van der Waals surface area (Å²) in [6.45, 7) is 0.391. The second kappa shape index (κ2) is 8.26. The van der Waals surface area contributed by atoms with E-state index in [0.29, 0.717) is 18.0 Å². The quantitative estimate of drug-likeness (QED) is 0.730. The smallest absolute Gasteiger partial charge is 0.252 e. The number of hydrogen-bond donors (Lipinski definition) is 3. The van der Waals surface area contributed by atoms with Crippen LogP contribution >= 0.6 is 23.7 Å². The van der Waals surface area contributed by atoms with Crippen molar-refractivity contribution in [3.63, 3.8) is 0 Å². The van der Waals surface area contributed by atoms with E-state index < -0.39 is 10.0 Å². The molecule has 126 valence electrons. The van der Waals surface area contributed by atoms with Gasteiger partial charge in [0.2, 0.25) is 10.0 Å². The molecule has 1 aliphatic carbocycles. The summed E-state index contributed by atoms with van der Waals surface area (Å²) in [4.78, 5) is 12.2. The van der Waals surface area contributed by atoms with Gasteiger partial charge in [-0.1, -0.05) is 19.3 Å². The highest BCUT2D eigenvalue weighted by molar-refractivity contribution is 7.91. The molecule has 6 nitrogen and oxygen atoms in total. The standard InChI is InChI=1S/C13H21N3O3S2.ClH/c14-7-11(9-4-2-1-3-5-9)16-13(17)10-6-12(20-8-10)21(15,18)19;/h6,8-9,11H,1-5,7,14H2,(H,16,17)(H2,15,18,19);1H. The molecule has 0 aromatic carbocycles. The number of thiophene rings is 1. The van der Waals surface area contributed by atoms with Crippen LogP contribution in [0.4, 0.5) is 0 Å². The van der Waals surface area contributed by atoms with Gasteiger partial charge in [-0.25, -0.2) is 13.6 Å². The third-order valence-electron chi connectivity index (χ3n) is 3.91. The van der Waals surface area contributed by atoms with Gasteiger partial charge in [-0.3, -0.25) is 4.79 Å². The number of nitrogens with one attached hydrogen (secondary N) is 1. The number of nitrogens with two attached hydrogens (primary N) is 2. The maximum absolute atomic E-state index is 12.2. The molecule has 1 fully saturated rings. The van der Waals surface area contributed by atoms with Crippen LogP contribution in [0.1, 0.15) is 42.5 Å². The highest BCUT2D eigenvalue weighted by atomic mass is 35.5. The lowest BCUT2D eigenvalue weighted by molar-refractivity contribution is 0.0916. The summed E-state index contributed by atoms with van der Waals surface area (Å²) in [5, 5.41) is 9.47. The summed E-state index contributed by atoms with van der Waals surface area (Å²) in [5.41, 5.74) is 6.09. The molecule has 0 spiro atoms. The Hall–Kier alpha value is -0.670. The predicted molar refractivity (Wildman–Crippen MR) is 89.8 cm³/mol. The summed E-state index contributed by atoms with van der Waals surface area (Å²) in [6, 6.07) is 1.25. The molecule has 9 heteroatoms. The first-order valence-electron chi connectivity index (χ1n) is 7.04. The lowest BCUT2D eigenvalue weighted by atomic mass is 9.84. The van der Waals surface area contributed by atoms with E-state index in [9.17, 15) is 13.2 Å². The highest BCUT2D eigenvalue weighted by Gasteiger charge is 2.25. The molecule has 1 aromatic rings. The monoisotopic (exact) mass is 367 g/mol. The van der Waals surface area contributed by atoms with Crippen LogP contribution in [0.25, 0.3) is 0 Å². The van der Waals surface area contributed by atoms with Crippen molar-refractivity contribution in [2.45, 2.75) is 42.4 Å². The first-order chi connectivity index (χ1) is 9.91. The van der Waals surface area contributed by atoms with Crippen molar-refractivity contribution in [1.82, 2.24) is 5.32 Å². The third kappa shape index (κ3) is 4.92. The van der Waals surface area contributed by atoms with Crippen LogP contribution in [0.2, 0.25) is 0 Å². The minimum Gasteiger partial charge on any atom is -0.348 e. The van der Waals surface area contributed by atoms with Gasteiger partial charge < -0.3 is 11.1 Å². The normalized spacial score (nSPS) is 17.5. The summed E-state index contributed by atoms with van der Waals surface area (Å²) in [5.74, 6) is 0.117. The number of carbonyl (C=O) groups excluding carboxylic acids is 1. The molecule has 1 heterocycles. The van der Waals surface area contributed by atoms with E-state index in [1.165, 1.54) is 30.7 Å². The average molecular weight is 368 g/mol. The van der Waals surface area contributed by atoms with Crippen molar-refractivity contribution >= 4 is 39.7 Å². The Balaban J connectivity index is 0.00000242. The Morgan fingerprint density at radius 3 is 2.50 bits per heavy atom. The van der Waals surface area contributed by atoms with Crippen LogP contribution in [-0.2, 0) is 10.0 Å². The van der Waals surface area contributed by atoms with Crippen molar-refractivity contribution < 1.29 is 13.2 Å². The summed E-state index contributed by atoms with van der Waals surface area (Å²) in [6.07, 6.45) is 5.74. The molecule has 22 heavy (non-hydrogen) atoms. The molecule has 2 rings (SSSR count). The van der Waals surface area contributed by atoms with Crippen LogP contribution in [0.3, 0.4) is 0 Å². The van der Waals surface area contributed by atoms with Gasteiger partial charge >= 0.3 is 0 Å². The zero-order chi connectivity index (χ0) is 15.5. The number of hydrogen-bond acceptors (Lipinski definition) is 5. The van der Waals surface area contributed by atoms with Crippen LogP contribution in [0.5, 0.6) is 0 Å². The molecule has 5 N–H and O–H groups in total. The van der Waals surface area contributed by atoms with E-state index in [1.54, 1.807) is 0 Å². The van der Waals surface area contributed by atoms with E-state index in [4.69, 9.17) is 10.9 Å². The molecular weight excluding hydrogens is 346 g/mol.